The van der Waals surface area contributed by atoms with Crippen LogP contribution in [-0.4, -0.2) is 106 Å². The largest absolute Gasteiger partial charge is 0.453 e. The summed E-state index contributed by atoms with van der Waals surface area (Å²) in [6, 6.07) is 17.2. The lowest BCUT2D eigenvalue weighted by atomic mass is 9.89. The van der Waals surface area contributed by atoms with Crippen LogP contribution in [0, 0.1) is 17.8 Å². The molecule has 0 spiro atoms. The number of fused-ring (bicyclic) bond motifs is 5. The summed E-state index contributed by atoms with van der Waals surface area (Å²) < 4.78 is 15.3. The maximum absolute atomic E-state index is 14.4. The van der Waals surface area contributed by atoms with Gasteiger partial charge in [-0.3, -0.25) is 9.59 Å². The Balaban J connectivity index is 0.921. The molecule has 5 aromatic rings. The zero-order valence-electron chi connectivity index (χ0n) is 35.1. The minimum absolute atomic E-state index is 0.0259. The zero-order chi connectivity index (χ0) is 42.4. The number of H-pyrrole nitrogens is 2. The van der Waals surface area contributed by atoms with E-state index in [0.29, 0.717) is 38.5 Å². The zero-order valence-corrected chi connectivity index (χ0v) is 35.1. The van der Waals surface area contributed by atoms with Gasteiger partial charge in [0.25, 0.3) is 0 Å². The molecule has 5 heterocycles. The maximum Gasteiger partial charge on any atom is 0.407 e. The Morgan fingerprint density at radius 1 is 0.820 bits per heavy atom. The fourth-order valence-corrected chi connectivity index (χ4v) is 10.3. The first-order chi connectivity index (χ1) is 29.6. The van der Waals surface area contributed by atoms with Crippen LogP contribution in [0.1, 0.15) is 82.5 Å². The minimum atomic E-state index is -0.697. The van der Waals surface area contributed by atoms with Gasteiger partial charge in [-0.05, 0) is 96.9 Å². The molecule has 15 heteroatoms. The van der Waals surface area contributed by atoms with Crippen molar-refractivity contribution in [1.29, 1.82) is 0 Å². The van der Waals surface area contributed by atoms with Gasteiger partial charge in [-0.25, -0.2) is 19.6 Å². The van der Waals surface area contributed by atoms with Gasteiger partial charge in [0, 0.05) is 31.2 Å². The molecule has 320 valence electrons. The standard InChI is InChI=1S/C46H54N8O7/c1-25(2)37(51-45(57)59-3)43(55)53-19-5-6-36(53)41-48-34-16-13-30-22-29(12-15-33(30)39(34)50-41)26-7-9-27(10-8-26)35-24-47-42(49-35)40-31-11-14-32(23-31)54(40)44(56)38(52-46(58)60-4)28-17-20-61-21-18-28/h7-10,12-13,15-16,22,24-25,28,31-32,36-38,40H,5-6,11,14,17-21,23H2,1-4H3,(H,47,49)(H,48,50)(H,51,57)(H,52,58). The maximum atomic E-state index is 14.4. The van der Waals surface area contributed by atoms with E-state index < -0.39 is 24.3 Å². The lowest BCUT2D eigenvalue weighted by Gasteiger charge is -2.39. The van der Waals surface area contributed by atoms with Crippen molar-refractivity contribution in [1.82, 2.24) is 40.4 Å². The Labute approximate surface area is 354 Å². The molecular formula is C46H54N8O7. The van der Waals surface area contributed by atoms with E-state index in [1.54, 1.807) is 0 Å². The van der Waals surface area contributed by atoms with Crippen LogP contribution in [0.4, 0.5) is 9.59 Å². The summed E-state index contributed by atoms with van der Waals surface area (Å²) in [5.74, 6) is 1.46. The van der Waals surface area contributed by atoms with Crippen molar-refractivity contribution >= 4 is 45.8 Å². The first-order valence-electron chi connectivity index (χ1n) is 21.6. The number of benzene rings is 3. The number of rotatable bonds is 10. The second-order valence-corrected chi connectivity index (χ2v) is 17.3. The third kappa shape index (κ3) is 7.68. The number of hydrogen-bond donors (Lipinski definition) is 4. The van der Waals surface area contributed by atoms with Crippen molar-refractivity contribution in [3.05, 3.63) is 72.4 Å². The number of alkyl carbamates (subject to hydrolysis) is 2. The van der Waals surface area contributed by atoms with Crippen molar-refractivity contribution in [2.75, 3.05) is 34.0 Å². The van der Waals surface area contributed by atoms with E-state index in [2.05, 4.69) is 69.1 Å². The Morgan fingerprint density at radius 2 is 1.56 bits per heavy atom. The molecule has 9 rings (SSSR count). The van der Waals surface area contributed by atoms with Gasteiger partial charge in [0.05, 0.1) is 49.2 Å². The topological polar surface area (TPSA) is 184 Å². The highest BCUT2D eigenvalue weighted by molar-refractivity contribution is 6.05. The molecule has 2 bridgehead atoms. The smallest absolute Gasteiger partial charge is 0.407 e. The molecule has 6 atom stereocenters. The summed E-state index contributed by atoms with van der Waals surface area (Å²) in [7, 11) is 2.62. The minimum Gasteiger partial charge on any atom is -0.453 e. The summed E-state index contributed by atoms with van der Waals surface area (Å²) in [6.45, 7) is 5.54. The molecule has 1 saturated carbocycles. The SMILES string of the molecule is COC(=O)NC(C(=O)N1CCCC1c1nc2c(ccc3cc(-c4ccc(-c5cnc(C6C7CCC(C7)N6C(=O)C(NC(=O)OC)C6CCOCC6)[nH]5)cc4)ccc32)[nH]1)C(C)C. The van der Waals surface area contributed by atoms with Crippen molar-refractivity contribution in [2.45, 2.75) is 89.0 Å². The highest BCUT2D eigenvalue weighted by atomic mass is 16.5. The average Bonchev–Trinajstić information content (AvgIpc) is 4.15. The summed E-state index contributed by atoms with van der Waals surface area (Å²) in [4.78, 5) is 73.4. The van der Waals surface area contributed by atoms with Crippen LogP contribution in [-0.2, 0) is 23.8 Å². The quantitative estimate of drug-likeness (QED) is 0.115. The number of amides is 4. The number of aromatic amines is 2. The number of ether oxygens (including phenoxy) is 3. The fraction of sp³-hybridized carbons (Fsp3) is 0.478. The molecule has 61 heavy (non-hydrogen) atoms. The van der Waals surface area contributed by atoms with Crippen LogP contribution >= 0.6 is 0 Å². The first kappa shape index (κ1) is 40.4. The van der Waals surface area contributed by atoms with E-state index in [-0.39, 0.29) is 41.8 Å². The van der Waals surface area contributed by atoms with Crippen molar-refractivity contribution in [3.63, 3.8) is 0 Å². The number of nitrogens with one attached hydrogen (secondary N) is 4. The molecule has 3 aliphatic heterocycles. The number of aromatic nitrogens is 4. The second kappa shape index (κ2) is 16.8. The van der Waals surface area contributed by atoms with Gasteiger partial charge in [0.15, 0.2) is 0 Å². The van der Waals surface area contributed by atoms with Crippen LogP contribution in [0.2, 0.25) is 0 Å². The average molecular weight is 831 g/mol. The fourth-order valence-electron chi connectivity index (χ4n) is 10.3. The number of imidazole rings is 2. The predicted molar refractivity (Wildman–Crippen MR) is 228 cm³/mol. The summed E-state index contributed by atoms with van der Waals surface area (Å²) in [5, 5.41) is 7.66. The number of hydrogen-bond acceptors (Lipinski definition) is 9. The molecule has 1 aliphatic carbocycles. The van der Waals surface area contributed by atoms with Crippen molar-refractivity contribution in [3.8, 4) is 22.4 Å². The summed E-state index contributed by atoms with van der Waals surface area (Å²) >= 11 is 0. The molecular weight excluding hydrogens is 777 g/mol. The van der Waals surface area contributed by atoms with Crippen LogP contribution < -0.4 is 10.6 Å². The normalized spacial score (nSPS) is 22.5. The molecule has 3 saturated heterocycles. The molecule has 3 aromatic carbocycles. The molecule has 4 N–H and O–H groups in total. The Bertz CT molecular complexity index is 2440. The van der Waals surface area contributed by atoms with E-state index in [9.17, 15) is 19.2 Å². The van der Waals surface area contributed by atoms with E-state index in [0.717, 1.165) is 87.9 Å². The van der Waals surface area contributed by atoms with E-state index in [4.69, 9.17) is 24.2 Å². The molecule has 15 nitrogen and oxygen atoms in total. The van der Waals surface area contributed by atoms with Gasteiger partial charge in [-0.1, -0.05) is 56.3 Å². The third-order valence-electron chi connectivity index (χ3n) is 13.4. The van der Waals surface area contributed by atoms with Crippen molar-refractivity contribution < 1.29 is 33.4 Å². The number of nitrogens with zero attached hydrogens (tertiary/aromatic N) is 4. The van der Waals surface area contributed by atoms with Gasteiger partial charge in [-0.15, -0.1) is 0 Å². The van der Waals surface area contributed by atoms with E-state index >= 15 is 0 Å². The Morgan fingerprint density at radius 3 is 2.31 bits per heavy atom. The molecule has 4 fully saturated rings. The number of carbonyl (C=O) groups excluding carboxylic acids is 4. The lowest BCUT2D eigenvalue weighted by molar-refractivity contribution is -0.140. The van der Waals surface area contributed by atoms with Crippen LogP contribution in [0.15, 0.2) is 60.8 Å². The van der Waals surface area contributed by atoms with Gasteiger partial charge in [-0.2, -0.15) is 0 Å². The van der Waals surface area contributed by atoms with Crippen LogP contribution in [0.25, 0.3) is 44.2 Å². The molecule has 4 amide bonds. The monoisotopic (exact) mass is 830 g/mol. The van der Waals surface area contributed by atoms with Gasteiger partial charge < -0.3 is 44.6 Å². The number of piperidine rings is 1. The number of likely N-dealkylation sites (tertiary alicyclic amines) is 2. The van der Waals surface area contributed by atoms with E-state index in [1.807, 2.05) is 35.9 Å². The van der Waals surface area contributed by atoms with Gasteiger partial charge in [0.2, 0.25) is 11.8 Å². The first-order valence-corrected chi connectivity index (χ1v) is 21.6. The summed E-state index contributed by atoms with van der Waals surface area (Å²) in [5.41, 5.74) is 5.76. The number of methoxy groups -OCH3 is 2. The Hall–Kier alpha value is -5.96. The highest BCUT2D eigenvalue weighted by Crippen LogP contribution is 2.50. The number of carbonyl (C=O) groups is 4. The van der Waals surface area contributed by atoms with Crippen molar-refractivity contribution in [2.24, 2.45) is 17.8 Å². The van der Waals surface area contributed by atoms with Gasteiger partial charge >= 0.3 is 12.2 Å². The van der Waals surface area contributed by atoms with Gasteiger partial charge in [0.1, 0.15) is 23.7 Å². The molecule has 0 radical (unpaired) electrons. The molecule has 4 aliphatic rings. The third-order valence-corrected chi connectivity index (χ3v) is 13.4. The Kier molecular flexibility index (Phi) is 11.2. The van der Waals surface area contributed by atoms with Crippen LogP contribution in [0.3, 0.4) is 0 Å². The molecule has 2 aromatic heterocycles. The lowest BCUT2D eigenvalue weighted by Crippen LogP contribution is -2.55. The van der Waals surface area contributed by atoms with Crippen LogP contribution in [0.5, 0.6) is 0 Å². The van der Waals surface area contributed by atoms with E-state index in [1.165, 1.54) is 14.2 Å². The predicted octanol–water partition coefficient (Wildman–Crippen LogP) is 7.02. The summed E-state index contributed by atoms with van der Waals surface area (Å²) in [6.07, 6.45) is 6.56. The second-order valence-electron chi connectivity index (χ2n) is 17.3. The highest BCUT2D eigenvalue weighted by Gasteiger charge is 2.52. The molecule has 6 unspecified atom stereocenters.